The molecule has 0 aliphatic carbocycles. The van der Waals surface area contributed by atoms with E-state index in [-0.39, 0.29) is 11.4 Å². The molecule has 4 rings (SSSR count). The minimum atomic E-state index is -3.82. The van der Waals surface area contributed by atoms with E-state index in [1.165, 1.54) is 31.9 Å². The van der Waals surface area contributed by atoms with E-state index in [0.717, 1.165) is 30.3 Å². The van der Waals surface area contributed by atoms with Gasteiger partial charge in [-0.2, -0.15) is 0 Å². The molecule has 1 aromatic heterocycles. The van der Waals surface area contributed by atoms with Crippen molar-refractivity contribution in [2.75, 3.05) is 26.1 Å². The van der Waals surface area contributed by atoms with Crippen molar-refractivity contribution in [2.45, 2.75) is 24.3 Å². The van der Waals surface area contributed by atoms with Crippen LogP contribution in [0.1, 0.15) is 17.8 Å². The van der Waals surface area contributed by atoms with Crippen LogP contribution < -0.4 is 19.5 Å². The molecule has 0 amide bonds. The zero-order chi connectivity index (χ0) is 24.7. The summed E-state index contributed by atoms with van der Waals surface area (Å²) < 4.78 is 38.8. The van der Waals surface area contributed by atoms with Crippen molar-refractivity contribution in [3.8, 4) is 11.5 Å². The van der Waals surface area contributed by atoms with Gasteiger partial charge in [0.15, 0.2) is 11.5 Å². The predicted octanol–water partition coefficient (Wildman–Crippen LogP) is 4.17. The fourth-order valence-corrected chi connectivity index (χ4v) is 4.70. The van der Waals surface area contributed by atoms with Crippen molar-refractivity contribution in [3.63, 3.8) is 0 Å². The topological polar surface area (TPSA) is 102 Å². The van der Waals surface area contributed by atoms with Crippen molar-refractivity contribution in [1.82, 2.24) is 14.7 Å². The lowest BCUT2D eigenvalue weighted by atomic mass is 10.1. The maximum absolute atomic E-state index is 12.9. The molecule has 182 valence electrons. The fraction of sp³-hybridized carbons (Fsp3) is 0.231. The van der Waals surface area contributed by atoms with E-state index in [9.17, 15) is 8.42 Å². The number of methoxy groups -OCH3 is 2. The highest BCUT2D eigenvalue weighted by molar-refractivity contribution is 7.89. The molecule has 9 heteroatoms. The highest BCUT2D eigenvalue weighted by atomic mass is 32.2. The molecule has 2 N–H and O–H groups in total. The molecule has 35 heavy (non-hydrogen) atoms. The first-order valence-corrected chi connectivity index (χ1v) is 12.7. The van der Waals surface area contributed by atoms with E-state index in [1.54, 1.807) is 6.07 Å². The van der Waals surface area contributed by atoms with Gasteiger partial charge < -0.3 is 14.8 Å². The summed E-state index contributed by atoms with van der Waals surface area (Å²) >= 11 is 0. The van der Waals surface area contributed by atoms with Crippen LogP contribution in [0.25, 0.3) is 10.9 Å². The summed E-state index contributed by atoms with van der Waals surface area (Å²) in [6.07, 6.45) is 1.89. The van der Waals surface area contributed by atoms with Gasteiger partial charge in [-0.15, -0.1) is 0 Å². The van der Waals surface area contributed by atoms with Gasteiger partial charge in [0.25, 0.3) is 0 Å². The molecule has 0 fully saturated rings. The highest BCUT2D eigenvalue weighted by Crippen LogP contribution is 2.29. The normalized spacial score (nSPS) is 11.4. The highest BCUT2D eigenvalue weighted by Gasteiger charge is 2.18. The molecule has 0 aliphatic rings. The number of nitrogens with zero attached hydrogens (tertiary/aromatic N) is 2. The van der Waals surface area contributed by atoms with Gasteiger partial charge in [-0.05, 0) is 42.7 Å². The van der Waals surface area contributed by atoms with E-state index < -0.39 is 10.0 Å². The lowest BCUT2D eigenvalue weighted by Gasteiger charge is -2.13. The standard InChI is InChI=1S/C26H28N4O4S/c1-33-23-15-14-20(17-24(23)34-2)35(31,32)28-18-25-29-22-13-7-6-12-21(22)26(30-25)27-16-8-11-19-9-4-3-5-10-19/h3-7,9-10,12-15,17,28H,8,11,16,18H2,1-2H3,(H,27,29,30). The number of nitrogens with one attached hydrogen (secondary N) is 2. The molecular formula is C26H28N4O4S. The second-order valence-corrected chi connectivity index (χ2v) is 9.63. The van der Waals surface area contributed by atoms with Gasteiger partial charge in [-0.3, -0.25) is 0 Å². The van der Waals surface area contributed by atoms with Crippen LogP contribution in [-0.2, 0) is 23.0 Å². The third-order valence-corrected chi connectivity index (χ3v) is 6.91. The number of aryl methyl sites for hydroxylation is 1. The number of benzene rings is 3. The summed E-state index contributed by atoms with van der Waals surface area (Å²) in [4.78, 5) is 9.22. The zero-order valence-corrected chi connectivity index (χ0v) is 20.5. The van der Waals surface area contributed by atoms with Crippen LogP contribution >= 0.6 is 0 Å². The number of hydrogen-bond donors (Lipinski definition) is 2. The molecule has 0 atom stereocenters. The third-order valence-electron chi connectivity index (χ3n) is 5.51. The van der Waals surface area contributed by atoms with E-state index >= 15 is 0 Å². The Morgan fingerprint density at radius 1 is 0.857 bits per heavy atom. The lowest BCUT2D eigenvalue weighted by molar-refractivity contribution is 0.354. The molecule has 8 nitrogen and oxygen atoms in total. The van der Waals surface area contributed by atoms with Gasteiger partial charge in [0.2, 0.25) is 10.0 Å². The number of fused-ring (bicyclic) bond motifs is 1. The molecule has 0 bridgehead atoms. The van der Waals surface area contributed by atoms with Gasteiger partial charge in [0.05, 0.1) is 31.2 Å². The smallest absolute Gasteiger partial charge is 0.241 e. The number of ether oxygens (including phenoxy) is 2. The lowest BCUT2D eigenvalue weighted by Crippen LogP contribution is -2.24. The van der Waals surface area contributed by atoms with Crippen LogP contribution in [0.4, 0.5) is 5.82 Å². The molecule has 4 aromatic rings. The average molecular weight is 493 g/mol. The van der Waals surface area contributed by atoms with E-state index in [4.69, 9.17) is 9.47 Å². The Morgan fingerprint density at radius 2 is 1.60 bits per heavy atom. The summed E-state index contributed by atoms with van der Waals surface area (Å²) in [6.45, 7) is 0.674. The Morgan fingerprint density at radius 3 is 2.37 bits per heavy atom. The van der Waals surface area contributed by atoms with Crippen molar-refractivity contribution in [2.24, 2.45) is 0 Å². The van der Waals surface area contributed by atoms with Gasteiger partial charge in [-0.25, -0.2) is 23.1 Å². The minimum absolute atomic E-state index is 0.0553. The molecular weight excluding hydrogens is 464 g/mol. The molecule has 0 unspecified atom stereocenters. The van der Waals surface area contributed by atoms with Gasteiger partial charge >= 0.3 is 0 Å². The second-order valence-electron chi connectivity index (χ2n) is 7.86. The summed E-state index contributed by atoms with van der Waals surface area (Å²) in [5.41, 5.74) is 2.03. The molecule has 1 heterocycles. The fourth-order valence-electron chi connectivity index (χ4n) is 3.71. The van der Waals surface area contributed by atoms with Crippen LogP contribution in [-0.4, -0.2) is 39.2 Å². The van der Waals surface area contributed by atoms with Crippen molar-refractivity contribution in [1.29, 1.82) is 0 Å². The molecule has 0 radical (unpaired) electrons. The van der Waals surface area contributed by atoms with Crippen LogP contribution in [0.3, 0.4) is 0 Å². The first kappa shape index (κ1) is 24.4. The number of rotatable bonds is 11. The van der Waals surface area contributed by atoms with Crippen LogP contribution in [0.2, 0.25) is 0 Å². The van der Waals surface area contributed by atoms with Crippen LogP contribution in [0.15, 0.2) is 77.7 Å². The maximum Gasteiger partial charge on any atom is 0.241 e. The first-order chi connectivity index (χ1) is 17.0. The van der Waals surface area contributed by atoms with Gasteiger partial charge in [0, 0.05) is 18.0 Å². The summed E-state index contributed by atoms with van der Waals surface area (Å²) in [5, 5.41) is 4.28. The van der Waals surface area contributed by atoms with E-state index in [2.05, 4.69) is 32.1 Å². The number of anilines is 1. The largest absolute Gasteiger partial charge is 0.493 e. The first-order valence-electron chi connectivity index (χ1n) is 11.3. The Kier molecular flexibility index (Phi) is 7.79. The summed E-state index contributed by atoms with van der Waals surface area (Å²) in [7, 11) is -0.868. The van der Waals surface area contributed by atoms with Crippen LogP contribution in [0.5, 0.6) is 11.5 Å². The monoisotopic (exact) mass is 492 g/mol. The van der Waals surface area contributed by atoms with E-state index in [0.29, 0.717) is 23.1 Å². The Labute approximate surface area is 205 Å². The Balaban J connectivity index is 1.48. The van der Waals surface area contributed by atoms with Crippen molar-refractivity contribution < 1.29 is 17.9 Å². The van der Waals surface area contributed by atoms with E-state index in [1.807, 2.05) is 42.5 Å². The number of aromatic nitrogens is 2. The predicted molar refractivity (Wildman–Crippen MR) is 136 cm³/mol. The zero-order valence-electron chi connectivity index (χ0n) is 19.7. The minimum Gasteiger partial charge on any atom is -0.493 e. The number of sulfonamides is 1. The van der Waals surface area contributed by atoms with Gasteiger partial charge in [0.1, 0.15) is 11.6 Å². The number of hydrogen-bond acceptors (Lipinski definition) is 7. The Hall–Kier alpha value is -3.69. The number of para-hydroxylation sites is 1. The Bertz CT molecular complexity index is 1400. The SMILES string of the molecule is COc1ccc(S(=O)(=O)NCc2nc(NCCCc3ccccc3)c3ccccc3n2)cc1OC. The molecule has 0 aliphatic heterocycles. The molecule has 0 saturated carbocycles. The average Bonchev–Trinajstić information content (AvgIpc) is 2.90. The van der Waals surface area contributed by atoms with Gasteiger partial charge in [-0.1, -0.05) is 42.5 Å². The quantitative estimate of drug-likeness (QED) is 0.303. The molecule has 0 saturated heterocycles. The molecule has 3 aromatic carbocycles. The van der Waals surface area contributed by atoms with Crippen molar-refractivity contribution >= 4 is 26.7 Å². The maximum atomic E-state index is 12.9. The summed E-state index contributed by atoms with van der Waals surface area (Å²) in [5.74, 6) is 1.84. The third kappa shape index (κ3) is 6.06. The molecule has 0 spiro atoms. The van der Waals surface area contributed by atoms with Crippen LogP contribution in [0, 0.1) is 0 Å². The summed E-state index contributed by atoms with van der Waals surface area (Å²) in [6, 6.07) is 22.4. The second kappa shape index (κ2) is 11.2. The van der Waals surface area contributed by atoms with Crippen molar-refractivity contribution in [3.05, 3.63) is 84.2 Å².